The van der Waals surface area contributed by atoms with Gasteiger partial charge in [-0.05, 0) is 38.6 Å². The molecule has 0 saturated carbocycles. The third-order valence-electron chi connectivity index (χ3n) is 3.24. The van der Waals surface area contributed by atoms with Crippen LogP contribution in [0.25, 0.3) is 0 Å². The molecule has 0 aromatic rings. The number of hydrogen-bond donors (Lipinski definition) is 1. The Bertz CT molecular complexity index is 284. The van der Waals surface area contributed by atoms with Crippen LogP contribution in [-0.4, -0.2) is 46.7 Å². The second-order valence-electron chi connectivity index (χ2n) is 4.62. The van der Waals surface area contributed by atoms with Gasteiger partial charge in [-0.3, -0.25) is 0 Å². The Morgan fingerprint density at radius 2 is 2.00 bits per heavy atom. The lowest BCUT2D eigenvalue weighted by Crippen LogP contribution is -2.37. The van der Waals surface area contributed by atoms with E-state index in [1.165, 1.54) is 6.26 Å². The molecule has 1 fully saturated rings. The van der Waals surface area contributed by atoms with Crippen LogP contribution in [0.2, 0.25) is 0 Å². The molecule has 1 N–H and O–H groups in total. The number of nitrogens with one attached hydrogen (secondary N) is 1. The number of hydrogen-bond acceptors (Lipinski definition) is 4. The molecule has 96 valence electrons. The maximum atomic E-state index is 11.0. The maximum absolute atomic E-state index is 11.0. The van der Waals surface area contributed by atoms with E-state index < -0.39 is 9.84 Å². The van der Waals surface area contributed by atoms with Crippen molar-refractivity contribution >= 4 is 9.84 Å². The Hall–Kier alpha value is -0.130. The molecule has 1 atom stereocenters. The lowest BCUT2D eigenvalue weighted by molar-refractivity contribution is 0.0535. The summed E-state index contributed by atoms with van der Waals surface area (Å²) < 4.78 is 27.4. The minimum absolute atomic E-state index is 0.300. The van der Waals surface area contributed by atoms with E-state index in [1.807, 2.05) is 7.05 Å². The molecule has 1 heterocycles. The van der Waals surface area contributed by atoms with Crippen LogP contribution in [0.3, 0.4) is 0 Å². The fourth-order valence-electron chi connectivity index (χ4n) is 2.30. The topological polar surface area (TPSA) is 55.4 Å². The van der Waals surface area contributed by atoms with Crippen molar-refractivity contribution in [3.05, 3.63) is 0 Å². The van der Waals surface area contributed by atoms with E-state index in [0.29, 0.717) is 17.7 Å². The Morgan fingerprint density at radius 1 is 1.38 bits per heavy atom. The summed E-state index contributed by atoms with van der Waals surface area (Å²) in [5, 5.41) is 3.31. The molecule has 16 heavy (non-hydrogen) atoms. The van der Waals surface area contributed by atoms with Crippen molar-refractivity contribution in [2.24, 2.45) is 5.92 Å². The fourth-order valence-corrected chi connectivity index (χ4v) is 2.99. The summed E-state index contributed by atoms with van der Waals surface area (Å²) in [4.78, 5) is 0. The molecule has 1 saturated heterocycles. The largest absolute Gasteiger partial charge is 0.381 e. The van der Waals surface area contributed by atoms with Crippen LogP contribution in [0.15, 0.2) is 0 Å². The van der Waals surface area contributed by atoms with Crippen LogP contribution in [-0.2, 0) is 14.6 Å². The molecule has 0 amide bonds. The average molecular weight is 249 g/mol. The van der Waals surface area contributed by atoms with Gasteiger partial charge in [-0.2, -0.15) is 0 Å². The standard InChI is InChI=1S/C11H23NO3S/c1-12-11(4-3-9-16(2,13)14)10-5-7-15-8-6-10/h10-12H,3-9H2,1-2H3. The molecule has 0 aliphatic carbocycles. The van der Waals surface area contributed by atoms with Crippen LogP contribution < -0.4 is 5.32 Å². The lowest BCUT2D eigenvalue weighted by Gasteiger charge is -2.30. The van der Waals surface area contributed by atoms with E-state index in [4.69, 9.17) is 4.74 Å². The van der Waals surface area contributed by atoms with Crippen LogP contribution in [0.5, 0.6) is 0 Å². The average Bonchev–Trinajstić information content (AvgIpc) is 2.24. The minimum Gasteiger partial charge on any atom is -0.381 e. The first-order chi connectivity index (χ1) is 7.53. The summed E-state index contributed by atoms with van der Waals surface area (Å²) in [7, 11) is -0.852. The summed E-state index contributed by atoms with van der Waals surface area (Å²) in [6.07, 6.45) is 5.17. The van der Waals surface area contributed by atoms with Gasteiger partial charge in [0.25, 0.3) is 0 Å². The highest BCUT2D eigenvalue weighted by molar-refractivity contribution is 7.90. The van der Waals surface area contributed by atoms with Gasteiger partial charge in [0.1, 0.15) is 9.84 Å². The molecule has 4 nitrogen and oxygen atoms in total. The lowest BCUT2D eigenvalue weighted by atomic mass is 9.89. The van der Waals surface area contributed by atoms with Crippen LogP contribution in [0.1, 0.15) is 25.7 Å². The first kappa shape index (κ1) is 13.9. The van der Waals surface area contributed by atoms with Gasteiger partial charge < -0.3 is 10.1 Å². The Morgan fingerprint density at radius 3 is 2.50 bits per heavy atom. The van der Waals surface area contributed by atoms with Gasteiger partial charge in [0.2, 0.25) is 0 Å². The fraction of sp³-hybridized carbons (Fsp3) is 1.00. The highest BCUT2D eigenvalue weighted by Crippen LogP contribution is 2.21. The molecule has 0 bridgehead atoms. The first-order valence-corrected chi connectivity index (χ1v) is 8.01. The number of rotatable bonds is 6. The van der Waals surface area contributed by atoms with Gasteiger partial charge in [-0.1, -0.05) is 0 Å². The summed E-state index contributed by atoms with van der Waals surface area (Å²) >= 11 is 0. The molecule has 1 rings (SSSR count). The van der Waals surface area contributed by atoms with Crippen molar-refractivity contribution in [2.75, 3.05) is 32.3 Å². The molecular weight excluding hydrogens is 226 g/mol. The number of ether oxygens (including phenoxy) is 1. The summed E-state index contributed by atoms with van der Waals surface area (Å²) in [6.45, 7) is 1.68. The quantitative estimate of drug-likeness (QED) is 0.757. The van der Waals surface area contributed by atoms with Crippen LogP contribution in [0, 0.1) is 5.92 Å². The molecule has 0 aromatic carbocycles. The van der Waals surface area contributed by atoms with Crippen molar-refractivity contribution in [2.45, 2.75) is 31.7 Å². The van der Waals surface area contributed by atoms with Crippen molar-refractivity contribution in [3.63, 3.8) is 0 Å². The van der Waals surface area contributed by atoms with E-state index >= 15 is 0 Å². The van der Waals surface area contributed by atoms with E-state index in [1.54, 1.807) is 0 Å². The zero-order chi connectivity index (χ0) is 12.0. The maximum Gasteiger partial charge on any atom is 0.147 e. The van der Waals surface area contributed by atoms with E-state index in [9.17, 15) is 8.42 Å². The van der Waals surface area contributed by atoms with Crippen molar-refractivity contribution < 1.29 is 13.2 Å². The van der Waals surface area contributed by atoms with Gasteiger partial charge in [0, 0.05) is 31.3 Å². The Labute approximate surface area is 98.7 Å². The number of sulfone groups is 1. The third-order valence-corrected chi connectivity index (χ3v) is 4.27. The summed E-state index contributed by atoms with van der Waals surface area (Å²) in [5.41, 5.74) is 0. The first-order valence-electron chi connectivity index (χ1n) is 5.95. The van der Waals surface area contributed by atoms with E-state index in [2.05, 4.69) is 5.32 Å². The smallest absolute Gasteiger partial charge is 0.147 e. The molecular formula is C11H23NO3S. The predicted octanol–water partition coefficient (Wildman–Crippen LogP) is 0.826. The normalized spacial score (nSPS) is 20.9. The van der Waals surface area contributed by atoms with Crippen molar-refractivity contribution in [1.29, 1.82) is 0 Å². The monoisotopic (exact) mass is 249 g/mol. The molecule has 1 aliphatic heterocycles. The molecule has 0 spiro atoms. The van der Waals surface area contributed by atoms with Gasteiger partial charge in [0.15, 0.2) is 0 Å². The van der Waals surface area contributed by atoms with Crippen LogP contribution in [0.4, 0.5) is 0 Å². The Balaban J connectivity index is 2.30. The second kappa shape index (κ2) is 6.57. The molecule has 5 heteroatoms. The summed E-state index contributed by atoms with van der Waals surface area (Å²) in [5.74, 6) is 0.937. The van der Waals surface area contributed by atoms with Gasteiger partial charge in [0.05, 0.1) is 0 Å². The minimum atomic E-state index is -2.81. The van der Waals surface area contributed by atoms with Crippen LogP contribution >= 0.6 is 0 Å². The van der Waals surface area contributed by atoms with Gasteiger partial charge in [-0.15, -0.1) is 0 Å². The zero-order valence-corrected chi connectivity index (χ0v) is 11.1. The summed E-state index contributed by atoms with van der Waals surface area (Å²) in [6, 6.07) is 0.436. The zero-order valence-electron chi connectivity index (χ0n) is 10.2. The SMILES string of the molecule is CNC(CCCS(C)(=O)=O)C1CCOCC1. The molecule has 1 aliphatic rings. The highest BCUT2D eigenvalue weighted by Gasteiger charge is 2.22. The Kier molecular flexibility index (Phi) is 5.72. The van der Waals surface area contributed by atoms with Gasteiger partial charge in [-0.25, -0.2) is 8.42 Å². The van der Waals surface area contributed by atoms with E-state index in [-0.39, 0.29) is 0 Å². The van der Waals surface area contributed by atoms with Crippen molar-refractivity contribution in [1.82, 2.24) is 5.32 Å². The highest BCUT2D eigenvalue weighted by atomic mass is 32.2. The predicted molar refractivity (Wildman–Crippen MR) is 65.3 cm³/mol. The van der Waals surface area contributed by atoms with Crippen molar-refractivity contribution in [3.8, 4) is 0 Å². The van der Waals surface area contributed by atoms with E-state index in [0.717, 1.165) is 38.9 Å². The third kappa shape index (κ3) is 5.27. The molecule has 0 radical (unpaired) electrons. The van der Waals surface area contributed by atoms with Gasteiger partial charge >= 0.3 is 0 Å². The second-order valence-corrected chi connectivity index (χ2v) is 6.88. The molecule has 0 aromatic heterocycles. The molecule has 1 unspecified atom stereocenters.